The lowest BCUT2D eigenvalue weighted by Crippen LogP contribution is -3.11. The molecule has 2 amide bonds. The third-order valence-corrected chi connectivity index (χ3v) is 4.36. The maximum absolute atomic E-state index is 12.4. The van der Waals surface area contributed by atoms with Crippen molar-refractivity contribution in [3.05, 3.63) is 64.1 Å². The SMILES string of the molecule is CN(Cc1cccc(Cl)c1)C(=O)C[NH+](C)CC(=O)Nc1ccccc1Cl. The summed E-state index contributed by atoms with van der Waals surface area (Å²) in [4.78, 5) is 26.9. The number of carbonyl (C=O) groups is 2. The van der Waals surface area contributed by atoms with E-state index in [1.807, 2.05) is 18.2 Å². The molecule has 0 saturated carbocycles. The molecule has 1 unspecified atom stereocenters. The molecule has 2 N–H and O–H groups in total. The van der Waals surface area contributed by atoms with Crippen molar-refractivity contribution < 1.29 is 14.5 Å². The Kier molecular flexibility index (Phi) is 7.45. The molecule has 0 saturated heterocycles. The van der Waals surface area contributed by atoms with E-state index in [0.717, 1.165) is 10.5 Å². The van der Waals surface area contributed by atoms with Gasteiger partial charge in [0, 0.05) is 18.6 Å². The Labute approximate surface area is 163 Å². The maximum Gasteiger partial charge on any atom is 0.279 e. The number of benzene rings is 2. The van der Waals surface area contributed by atoms with Crippen LogP contribution in [-0.4, -0.2) is 43.9 Å². The standard InChI is InChI=1S/C19H21Cl2N3O2/c1-23(12-18(25)22-17-9-4-3-8-16(17)21)13-19(26)24(2)11-14-6-5-7-15(20)10-14/h3-10H,11-13H2,1-2H3,(H,22,25)/p+1. The van der Waals surface area contributed by atoms with Crippen LogP contribution >= 0.6 is 23.2 Å². The zero-order chi connectivity index (χ0) is 19.1. The van der Waals surface area contributed by atoms with E-state index in [1.54, 1.807) is 49.3 Å². The Morgan fingerprint density at radius 1 is 1.08 bits per heavy atom. The van der Waals surface area contributed by atoms with Crippen LogP contribution in [0.15, 0.2) is 48.5 Å². The molecule has 0 aliphatic rings. The maximum atomic E-state index is 12.4. The average Bonchev–Trinajstić information content (AvgIpc) is 2.56. The summed E-state index contributed by atoms with van der Waals surface area (Å²) >= 11 is 12.0. The summed E-state index contributed by atoms with van der Waals surface area (Å²) in [7, 11) is 3.54. The predicted octanol–water partition coefficient (Wildman–Crippen LogP) is 2.11. The number of carbonyl (C=O) groups excluding carboxylic acids is 2. The van der Waals surface area contributed by atoms with E-state index in [4.69, 9.17) is 23.2 Å². The van der Waals surface area contributed by atoms with E-state index in [1.165, 1.54) is 0 Å². The van der Waals surface area contributed by atoms with Gasteiger partial charge in [0.25, 0.3) is 11.8 Å². The first kappa shape index (κ1) is 20.2. The quantitative estimate of drug-likeness (QED) is 0.755. The highest BCUT2D eigenvalue weighted by atomic mass is 35.5. The van der Waals surface area contributed by atoms with E-state index in [2.05, 4.69) is 5.32 Å². The third-order valence-electron chi connectivity index (χ3n) is 3.80. The van der Waals surface area contributed by atoms with Gasteiger partial charge in [-0.3, -0.25) is 9.59 Å². The number of likely N-dealkylation sites (N-methyl/N-ethyl adjacent to an activating group) is 2. The van der Waals surface area contributed by atoms with Crippen molar-refractivity contribution in [3.8, 4) is 0 Å². The van der Waals surface area contributed by atoms with Crippen LogP contribution in [0.3, 0.4) is 0 Å². The zero-order valence-corrected chi connectivity index (χ0v) is 16.3. The van der Waals surface area contributed by atoms with Crippen LogP contribution in [0.4, 0.5) is 5.69 Å². The molecular formula is C19H22Cl2N3O2+. The molecule has 26 heavy (non-hydrogen) atoms. The summed E-state index contributed by atoms with van der Waals surface area (Å²) in [5, 5.41) is 3.88. The van der Waals surface area contributed by atoms with Crippen LogP contribution in [0.1, 0.15) is 5.56 Å². The van der Waals surface area contributed by atoms with Gasteiger partial charge in [0.15, 0.2) is 13.1 Å². The largest absolute Gasteiger partial charge is 0.337 e. The van der Waals surface area contributed by atoms with Crippen LogP contribution < -0.4 is 10.2 Å². The normalized spacial score (nSPS) is 11.7. The molecule has 2 aromatic carbocycles. The first-order valence-electron chi connectivity index (χ1n) is 8.19. The second kappa shape index (κ2) is 9.57. The molecule has 0 aromatic heterocycles. The highest BCUT2D eigenvalue weighted by molar-refractivity contribution is 6.33. The van der Waals surface area contributed by atoms with Crippen molar-refractivity contribution in [2.75, 3.05) is 32.5 Å². The Morgan fingerprint density at radius 2 is 1.81 bits per heavy atom. The lowest BCUT2D eigenvalue weighted by molar-refractivity contribution is -0.862. The summed E-state index contributed by atoms with van der Waals surface area (Å²) in [5.41, 5.74) is 1.53. The molecule has 2 rings (SSSR count). The fourth-order valence-corrected chi connectivity index (χ4v) is 2.88. The van der Waals surface area contributed by atoms with Gasteiger partial charge in [-0.15, -0.1) is 0 Å². The molecule has 0 bridgehead atoms. The zero-order valence-electron chi connectivity index (χ0n) is 14.8. The Morgan fingerprint density at radius 3 is 2.50 bits per heavy atom. The summed E-state index contributed by atoms with van der Waals surface area (Å²) < 4.78 is 0. The Hall–Kier alpha value is -2.08. The molecule has 1 atom stereocenters. The number of halogens is 2. The molecule has 2 aromatic rings. The molecular weight excluding hydrogens is 373 g/mol. The first-order chi connectivity index (χ1) is 12.3. The third kappa shape index (κ3) is 6.33. The van der Waals surface area contributed by atoms with E-state index in [0.29, 0.717) is 22.3 Å². The molecule has 5 nitrogen and oxygen atoms in total. The number of hydrogen-bond acceptors (Lipinski definition) is 2. The van der Waals surface area contributed by atoms with Gasteiger partial charge >= 0.3 is 0 Å². The van der Waals surface area contributed by atoms with E-state index >= 15 is 0 Å². The van der Waals surface area contributed by atoms with Gasteiger partial charge in [-0.25, -0.2) is 0 Å². The van der Waals surface area contributed by atoms with Gasteiger partial charge in [-0.2, -0.15) is 0 Å². The highest BCUT2D eigenvalue weighted by Gasteiger charge is 2.18. The van der Waals surface area contributed by atoms with Crippen LogP contribution in [0.25, 0.3) is 0 Å². The number of amides is 2. The van der Waals surface area contributed by atoms with Crippen molar-refractivity contribution in [1.29, 1.82) is 0 Å². The minimum Gasteiger partial charge on any atom is -0.337 e. The minimum atomic E-state index is -0.194. The van der Waals surface area contributed by atoms with Crippen LogP contribution in [0.2, 0.25) is 10.0 Å². The second-order valence-electron chi connectivity index (χ2n) is 6.22. The number of quaternary nitrogens is 1. The van der Waals surface area contributed by atoms with Gasteiger partial charge in [-0.05, 0) is 29.8 Å². The molecule has 0 heterocycles. The van der Waals surface area contributed by atoms with E-state index < -0.39 is 0 Å². The smallest absolute Gasteiger partial charge is 0.279 e. The summed E-state index contributed by atoms with van der Waals surface area (Å²) in [5.74, 6) is -0.242. The van der Waals surface area contributed by atoms with Crippen molar-refractivity contribution in [2.45, 2.75) is 6.54 Å². The van der Waals surface area contributed by atoms with Crippen molar-refractivity contribution in [3.63, 3.8) is 0 Å². The Balaban J connectivity index is 1.82. The number of hydrogen-bond donors (Lipinski definition) is 2. The number of rotatable bonds is 7. The summed E-state index contributed by atoms with van der Waals surface area (Å²) in [6.07, 6.45) is 0. The van der Waals surface area contributed by atoms with Gasteiger partial charge in [0.05, 0.1) is 17.8 Å². The number of anilines is 1. The van der Waals surface area contributed by atoms with Crippen LogP contribution in [0.5, 0.6) is 0 Å². The lowest BCUT2D eigenvalue weighted by Gasteiger charge is -2.20. The monoisotopic (exact) mass is 394 g/mol. The summed E-state index contributed by atoms with van der Waals surface area (Å²) in [6, 6.07) is 14.4. The topological polar surface area (TPSA) is 53.9 Å². The van der Waals surface area contributed by atoms with E-state index in [-0.39, 0.29) is 24.9 Å². The van der Waals surface area contributed by atoms with Crippen molar-refractivity contribution in [2.24, 2.45) is 0 Å². The predicted molar refractivity (Wildman–Crippen MR) is 105 cm³/mol. The number of para-hydroxylation sites is 1. The fraction of sp³-hybridized carbons (Fsp3) is 0.263. The van der Waals surface area contributed by atoms with Gasteiger partial charge < -0.3 is 15.1 Å². The molecule has 0 fully saturated rings. The van der Waals surface area contributed by atoms with E-state index in [9.17, 15) is 9.59 Å². The number of nitrogens with one attached hydrogen (secondary N) is 2. The molecule has 7 heteroatoms. The summed E-state index contributed by atoms with van der Waals surface area (Å²) in [6.45, 7) is 0.855. The van der Waals surface area contributed by atoms with Gasteiger partial charge in [0.1, 0.15) is 0 Å². The highest BCUT2D eigenvalue weighted by Crippen LogP contribution is 2.19. The molecule has 0 spiro atoms. The molecule has 0 radical (unpaired) electrons. The Bertz CT molecular complexity index is 783. The van der Waals surface area contributed by atoms with Gasteiger partial charge in [-0.1, -0.05) is 47.5 Å². The van der Waals surface area contributed by atoms with Crippen LogP contribution in [0, 0.1) is 0 Å². The minimum absolute atomic E-state index is 0.0481. The molecule has 0 aliphatic heterocycles. The van der Waals surface area contributed by atoms with Crippen LogP contribution in [-0.2, 0) is 16.1 Å². The van der Waals surface area contributed by atoms with Crippen molar-refractivity contribution >= 4 is 40.7 Å². The van der Waals surface area contributed by atoms with Gasteiger partial charge in [0.2, 0.25) is 0 Å². The second-order valence-corrected chi connectivity index (χ2v) is 7.06. The fourth-order valence-electron chi connectivity index (χ4n) is 2.48. The first-order valence-corrected chi connectivity index (χ1v) is 8.95. The van der Waals surface area contributed by atoms with Crippen molar-refractivity contribution in [1.82, 2.24) is 4.90 Å². The molecule has 0 aliphatic carbocycles. The molecule has 138 valence electrons. The average molecular weight is 395 g/mol. The number of nitrogens with zero attached hydrogens (tertiary/aromatic N) is 1. The lowest BCUT2D eigenvalue weighted by atomic mass is 10.2.